The van der Waals surface area contributed by atoms with E-state index in [0.717, 1.165) is 22.3 Å². The van der Waals surface area contributed by atoms with Gasteiger partial charge in [0.05, 0.1) is 12.5 Å². The first kappa shape index (κ1) is 25.7. The molecule has 3 aromatic rings. The number of amides is 1. The first-order chi connectivity index (χ1) is 18.0. The standard InChI is InChI=1S/C27H30N6O4/c1-4-14-37-27(35)31-23-11-12-32(17-22(23)26(34)36-6-3)16-20-10-13-33-24(20)25(28-18-29-33)30-21-9-7-8-19(5-2)15-21/h2,4,7-10,13,15,18,22-23H,1,6,11-12,14,16-17H2,3H3,(H,31,35)(H,28,29,30)/t22-,23+/m0/s1. The summed E-state index contributed by atoms with van der Waals surface area (Å²) in [5.41, 5.74) is 3.41. The van der Waals surface area contributed by atoms with Crippen molar-refractivity contribution in [3.05, 3.63) is 66.6 Å². The van der Waals surface area contributed by atoms with E-state index >= 15 is 0 Å². The van der Waals surface area contributed by atoms with Crippen molar-refractivity contribution in [2.75, 3.05) is 31.6 Å². The number of rotatable bonds is 9. The number of ether oxygens (including phenoxy) is 2. The van der Waals surface area contributed by atoms with E-state index in [1.54, 1.807) is 11.4 Å². The first-order valence-electron chi connectivity index (χ1n) is 12.1. The number of piperidine rings is 1. The van der Waals surface area contributed by atoms with Crippen LogP contribution in [0.3, 0.4) is 0 Å². The topological polar surface area (TPSA) is 110 Å². The molecular weight excluding hydrogens is 472 g/mol. The van der Waals surface area contributed by atoms with Gasteiger partial charge in [0.2, 0.25) is 0 Å². The number of carbonyl (C=O) groups excluding carboxylic acids is 2. The molecule has 1 aliphatic heterocycles. The lowest BCUT2D eigenvalue weighted by atomic mass is 9.92. The largest absolute Gasteiger partial charge is 0.466 e. The van der Waals surface area contributed by atoms with Gasteiger partial charge in [-0.25, -0.2) is 14.3 Å². The zero-order valence-corrected chi connectivity index (χ0v) is 20.7. The van der Waals surface area contributed by atoms with E-state index in [4.69, 9.17) is 15.9 Å². The van der Waals surface area contributed by atoms with Crippen molar-refractivity contribution in [3.8, 4) is 12.3 Å². The molecule has 1 aliphatic rings. The summed E-state index contributed by atoms with van der Waals surface area (Å²) in [6, 6.07) is 9.15. The Hall–Kier alpha value is -4.36. The van der Waals surface area contributed by atoms with Gasteiger partial charge in [-0.1, -0.05) is 24.6 Å². The van der Waals surface area contributed by atoms with Crippen LogP contribution in [-0.2, 0) is 20.8 Å². The van der Waals surface area contributed by atoms with Gasteiger partial charge >= 0.3 is 12.1 Å². The van der Waals surface area contributed by atoms with E-state index in [0.29, 0.717) is 31.9 Å². The normalized spacial score (nSPS) is 17.5. The molecule has 192 valence electrons. The van der Waals surface area contributed by atoms with Crippen molar-refractivity contribution in [3.63, 3.8) is 0 Å². The fraction of sp³-hybridized carbons (Fsp3) is 0.333. The van der Waals surface area contributed by atoms with Crippen LogP contribution in [-0.4, -0.2) is 63.9 Å². The van der Waals surface area contributed by atoms with Crippen molar-refractivity contribution in [2.24, 2.45) is 5.92 Å². The Morgan fingerprint density at radius 3 is 2.97 bits per heavy atom. The van der Waals surface area contributed by atoms with Crippen LogP contribution in [0, 0.1) is 18.3 Å². The third-order valence-corrected chi connectivity index (χ3v) is 6.15. The van der Waals surface area contributed by atoms with Crippen LogP contribution in [0.2, 0.25) is 0 Å². The van der Waals surface area contributed by atoms with Gasteiger partial charge in [0.25, 0.3) is 0 Å². The number of fused-ring (bicyclic) bond motifs is 1. The van der Waals surface area contributed by atoms with Crippen molar-refractivity contribution >= 4 is 29.1 Å². The van der Waals surface area contributed by atoms with Gasteiger partial charge in [-0.3, -0.25) is 9.69 Å². The second kappa shape index (κ2) is 12.1. The molecule has 0 saturated carbocycles. The highest BCUT2D eigenvalue weighted by molar-refractivity contribution is 5.77. The number of terminal acetylenes is 1. The fourth-order valence-corrected chi connectivity index (χ4v) is 4.45. The number of alkyl carbamates (subject to hydrolysis) is 1. The molecule has 10 nitrogen and oxygen atoms in total. The minimum Gasteiger partial charge on any atom is -0.466 e. The summed E-state index contributed by atoms with van der Waals surface area (Å²) in [5, 5.41) is 10.5. The van der Waals surface area contributed by atoms with E-state index in [-0.39, 0.29) is 25.2 Å². The maximum atomic E-state index is 12.8. The summed E-state index contributed by atoms with van der Waals surface area (Å²) in [6.45, 7) is 7.32. The number of hydrogen-bond acceptors (Lipinski definition) is 8. The molecule has 10 heteroatoms. The molecule has 1 saturated heterocycles. The number of nitrogens with one attached hydrogen (secondary N) is 2. The molecule has 0 radical (unpaired) electrons. The van der Waals surface area contributed by atoms with Gasteiger partial charge in [0.1, 0.15) is 18.5 Å². The zero-order chi connectivity index (χ0) is 26.2. The van der Waals surface area contributed by atoms with E-state index < -0.39 is 12.0 Å². The van der Waals surface area contributed by atoms with Crippen molar-refractivity contribution < 1.29 is 19.1 Å². The predicted octanol–water partition coefficient (Wildman–Crippen LogP) is 3.12. The predicted molar refractivity (Wildman–Crippen MR) is 139 cm³/mol. The Balaban J connectivity index is 1.52. The van der Waals surface area contributed by atoms with Gasteiger partial charge in [0.15, 0.2) is 5.82 Å². The Labute approximate surface area is 215 Å². The minimum absolute atomic E-state index is 0.0992. The third kappa shape index (κ3) is 6.26. The van der Waals surface area contributed by atoms with E-state index in [1.807, 2.05) is 36.5 Å². The van der Waals surface area contributed by atoms with Gasteiger partial charge in [0, 0.05) is 43.1 Å². The maximum absolute atomic E-state index is 12.8. The maximum Gasteiger partial charge on any atom is 0.407 e. The van der Waals surface area contributed by atoms with Crippen molar-refractivity contribution in [1.82, 2.24) is 24.8 Å². The smallest absolute Gasteiger partial charge is 0.407 e. The van der Waals surface area contributed by atoms with Crippen LogP contribution in [0.4, 0.5) is 16.3 Å². The molecule has 1 fully saturated rings. The molecule has 0 unspecified atom stereocenters. The molecule has 3 heterocycles. The highest BCUT2D eigenvalue weighted by Gasteiger charge is 2.37. The highest BCUT2D eigenvalue weighted by atomic mass is 16.5. The molecule has 2 aromatic heterocycles. The summed E-state index contributed by atoms with van der Waals surface area (Å²) < 4.78 is 12.1. The average molecular weight is 503 g/mol. The molecule has 1 aromatic carbocycles. The van der Waals surface area contributed by atoms with Crippen LogP contribution < -0.4 is 10.6 Å². The summed E-state index contributed by atoms with van der Waals surface area (Å²) in [5.74, 6) is 2.41. The molecule has 0 spiro atoms. The Bertz CT molecular complexity index is 1310. The number of hydrogen-bond donors (Lipinski definition) is 2. The summed E-state index contributed by atoms with van der Waals surface area (Å²) in [4.78, 5) is 31.5. The lowest BCUT2D eigenvalue weighted by Gasteiger charge is -2.37. The highest BCUT2D eigenvalue weighted by Crippen LogP contribution is 2.27. The molecular formula is C27H30N6O4. The van der Waals surface area contributed by atoms with E-state index in [9.17, 15) is 9.59 Å². The SMILES string of the molecule is C#Cc1cccc(Nc2ncnn3ccc(CN4CC[C@@H](NC(=O)OCC=C)[C@@H](C(=O)OCC)C4)c23)c1. The van der Waals surface area contributed by atoms with Gasteiger partial charge in [-0.05, 0) is 43.2 Å². The molecule has 2 N–H and O–H groups in total. The number of aromatic nitrogens is 3. The van der Waals surface area contributed by atoms with Crippen LogP contribution in [0.25, 0.3) is 5.52 Å². The lowest BCUT2D eigenvalue weighted by molar-refractivity contribution is -0.151. The van der Waals surface area contributed by atoms with Gasteiger partial charge < -0.3 is 20.1 Å². The summed E-state index contributed by atoms with van der Waals surface area (Å²) >= 11 is 0. The first-order valence-corrected chi connectivity index (χ1v) is 12.1. The molecule has 0 aliphatic carbocycles. The Morgan fingerprint density at radius 1 is 1.32 bits per heavy atom. The fourth-order valence-electron chi connectivity index (χ4n) is 4.45. The van der Waals surface area contributed by atoms with Crippen molar-refractivity contribution in [1.29, 1.82) is 0 Å². The number of benzene rings is 1. The molecule has 2 atom stereocenters. The monoisotopic (exact) mass is 502 g/mol. The summed E-state index contributed by atoms with van der Waals surface area (Å²) in [6.07, 6.45) is 10.4. The van der Waals surface area contributed by atoms with Gasteiger partial charge in [-0.2, -0.15) is 5.10 Å². The second-order valence-electron chi connectivity index (χ2n) is 8.61. The number of esters is 1. The van der Waals surface area contributed by atoms with E-state index in [2.05, 4.69) is 38.1 Å². The van der Waals surface area contributed by atoms with E-state index in [1.165, 1.54) is 12.4 Å². The van der Waals surface area contributed by atoms with Crippen LogP contribution in [0.15, 0.2) is 55.5 Å². The van der Waals surface area contributed by atoms with Gasteiger partial charge in [-0.15, -0.1) is 6.42 Å². The molecule has 1 amide bonds. The Kier molecular flexibility index (Phi) is 8.38. The third-order valence-electron chi connectivity index (χ3n) is 6.15. The lowest BCUT2D eigenvalue weighted by Crippen LogP contribution is -2.53. The molecule has 0 bridgehead atoms. The van der Waals surface area contributed by atoms with Crippen LogP contribution >= 0.6 is 0 Å². The number of likely N-dealkylation sites (tertiary alicyclic amines) is 1. The second-order valence-corrected chi connectivity index (χ2v) is 8.61. The van der Waals surface area contributed by atoms with Crippen molar-refractivity contribution in [2.45, 2.75) is 25.9 Å². The van der Waals surface area contributed by atoms with Crippen LogP contribution in [0.5, 0.6) is 0 Å². The number of anilines is 2. The van der Waals surface area contributed by atoms with Crippen LogP contribution in [0.1, 0.15) is 24.5 Å². The molecule has 37 heavy (non-hydrogen) atoms. The average Bonchev–Trinajstić information content (AvgIpc) is 3.32. The number of carbonyl (C=O) groups is 2. The Morgan fingerprint density at radius 2 is 2.19 bits per heavy atom. The summed E-state index contributed by atoms with van der Waals surface area (Å²) in [7, 11) is 0. The minimum atomic E-state index is -0.576. The molecule has 4 rings (SSSR count). The number of nitrogens with zero attached hydrogens (tertiary/aromatic N) is 4. The quantitative estimate of drug-likeness (QED) is 0.261. The zero-order valence-electron chi connectivity index (χ0n) is 20.7.